The summed E-state index contributed by atoms with van der Waals surface area (Å²) in [6, 6.07) is 18.4. The predicted octanol–water partition coefficient (Wildman–Crippen LogP) is 7.24. The zero-order valence-electron chi connectivity index (χ0n) is 23.0. The van der Waals surface area contributed by atoms with Gasteiger partial charge < -0.3 is 9.84 Å². The number of aryl methyl sites for hydroxylation is 1. The van der Waals surface area contributed by atoms with E-state index in [4.69, 9.17) is 4.74 Å². The molecule has 0 unspecified atom stereocenters. The molecule has 0 fully saturated rings. The third-order valence-corrected chi connectivity index (χ3v) is 8.63. The summed E-state index contributed by atoms with van der Waals surface area (Å²) >= 11 is 0. The molecule has 1 aliphatic rings. The first kappa shape index (κ1) is 30.2. The van der Waals surface area contributed by atoms with Gasteiger partial charge in [0.1, 0.15) is 11.4 Å². The number of aromatic nitrogens is 1. The number of sulfonamides is 1. The number of carbonyl (C=O) groups is 1. The molecule has 41 heavy (non-hydrogen) atoms. The summed E-state index contributed by atoms with van der Waals surface area (Å²) in [5.74, 6) is -1.12. The molecule has 2 atom stereocenters. The molecule has 0 amide bonds. The van der Waals surface area contributed by atoms with E-state index in [9.17, 15) is 27.1 Å². The standard InChI is InChI=1S/C31H34F2N2O5S/c1-3-16-31(17-15-21-9-6-5-7-10-21)19-26(36)28(30(37)40-31)25(4-2)22-11-8-12-24(18-22)35-41(38,39)27-14-13-23(20-34-27)29(32)33/h5-14,18,20,25,29,35-36H,3-4,15-17,19H2,1-2H3/t25-,31-/m1/s1. The Morgan fingerprint density at radius 1 is 1.02 bits per heavy atom. The molecule has 2 aromatic carbocycles. The smallest absolute Gasteiger partial charge is 0.338 e. The number of esters is 1. The fourth-order valence-electron chi connectivity index (χ4n) is 5.34. The molecule has 0 bridgehead atoms. The molecule has 3 aromatic rings. The first-order valence-corrected chi connectivity index (χ1v) is 15.1. The fraction of sp³-hybridized carbons (Fsp3) is 0.355. The van der Waals surface area contributed by atoms with Gasteiger partial charge in [0.05, 0.1) is 5.57 Å². The number of rotatable bonds is 12. The lowest BCUT2D eigenvalue weighted by molar-refractivity contribution is -0.161. The predicted molar refractivity (Wildman–Crippen MR) is 152 cm³/mol. The van der Waals surface area contributed by atoms with Crippen molar-refractivity contribution in [1.82, 2.24) is 4.98 Å². The number of carbonyl (C=O) groups excluding carboxylic acids is 1. The van der Waals surface area contributed by atoms with Crippen LogP contribution in [-0.4, -0.2) is 30.1 Å². The molecular weight excluding hydrogens is 550 g/mol. The average Bonchev–Trinajstić information content (AvgIpc) is 2.94. The average molecular weight is 585 g/mol. The number of hydrogen-bond donors (Lipinski definition) is 2. The van der Waals surface area contributed by atoms with Crippen LogP contribution in [0, 0.1) is 0 Å². The van der Waals surface area contributed by atoms with Crippen molar-refractivity contribution < 1.29 is 31.8 Å². The SMILES string of the molecule is CCC[C@@]1(CCc2ccccc2)CC(O)=C([C@H](CC)c2cccc(NS(=O)(=O)c3ccc(C(F)F)cn3)c2)C(=O)O1. The van der Waals surface area contributed by atoms with E-state index in [2.05, 4.69) is 9.71 Å². The van der Waals surface area contributed by atoms with Crippen LogP contribution in [0.15, 0.2) is 89.3 Å². The molecule has 0 aliphatic carbocycles. The van der Waals surface area contributed by atoms with Crippen LogP contribution in [0.5, 0.6) is 0 Å². The lowest BCUT2D eigenvalue weighted by Crippen LogP contribution is -2.41. The second-order valence-corrected chi connectivity index (χ2v) is 11.9. The van der Waals surface area contributed by atoms with Gasteiger partial charge in [0.25, 0.3) is 16.4 Å². The van der Waals surface area contributed by atoms with E-state index < -0.39 is 39.0 Å². The fourth-order valence-corrected chi connectivity index (χ4v) is 6.32. The molecule has 1 aromatic heterocycles. The molecule has 1 aliphatic heterocycles. The zero-order valence-corrected chi connectivity index (χ0v) is 23.8. The van der Waals surface area contributed by atoms with Crippen molar-refractivity contribution in [2.45, 2.75) is 75.3 Å². The molecule has 218 valence electrons. The summed E-state index contributed by atoms with van der Waals surface area (Å²) in [4.78, 5) is 17.1. The first-order valence-electron chi connectivity index (χ1n) is 13.6. The van der Waals surface area contributed by atoms with Crippen molar-refractivity contribution in [2.24, 2.45) is 0 Å². The maximum Gasteiger partial charge on any atom is 0.338 e. The number of aliphatic hydroxyl groups excluding tert-OH is 1. The number of nitrogens with zero attached hydrogens (tertiary/aromatic N) is 1. The Morgan fingerprint density at radius 3 is 2.39 bits per heavy atom. The monoisotopic (exact) mass is 584 g/mol. The Labute approximate surface area is 239 Å². The lowest BCUT2D eigenvalue weighted by atomic mass is 9.80. The summed E-state index contributed by atoms with van der Waals surface area (Å²) in [7, 11) is -4.16. The second kappa shape index (κ2) is 12.8. The van der Waals surface area contributed by atoms with Crippen LogP contribution >= 0.6 is 0 Å². The largest absolute Gasteiger partial charge is 0.512 e. The van der Waals surface area contributed by atoms with Gasteiger partial charge in [-0.25, -0.2) is 18.6 Å². The Morgan fingerprint density at radius 2 is 1.78 bits per heavy atom. The molecule has 7 nitrogen and oxygen atoms in total. The molecule has 0 saturated carbocycles. The minimum absolute atomic E-state index is 0.0103. The highest BCUT2D eigenvalue weighted by atomic mass is 32.2. The molecule has 2 N–H and O–H groups in total. The van der Waals surface area contributed by atoms with Gasteiger partial charge in [-0.05, 0) is 61.1 Å². The normalized spacial score (nSPS) is 18.3. The van der Waals surface area contributed by atoms with E-state index in [1.807, 2.05) is 44.2 Å². The van der Waals surface area contributed by atoms with E-state index in [0.717, 1.165) is 30.3 Å². The summed E-state index contributed by atoms with van der Waals surface area (Å²) in [6.07, 6.45) is 1.40. The number of halogens is 2. The highest BCUT2D eigenvalue weighted by Crippen LogP contribution is 2.42. The van der Waals surface area contributed by atoms with Crippen molar-refractivity contribution >= 4 is 21.7 Å². The molecule has 0 spiro atoms. The number of nitrogens with one attached hydrogen (secondary N) is 1. The topological polar surface area (TPSA) is 106 Å². The van der Waals surface area contributed by atoms with Crippen molar-refractivity contribution in [3.8, 4) is 0 Å². The maximum atomic E-state index is 13.4. The Kier molecular flexibility index (Phi) is 9.42. The number of alkyl halides is 2. The van der Waals surface area contributed by atoms with Crippen LogP contribution in [0.3, 0.4) is 0 Å². The summed E-state index contributed by atoms with van der Waals surface area (Å²) in [5, 5.41) is 10.8. The first-order chi connectivity index (χ1) is 19.6. The molecule has 10 heteroatoms. The van der Waals surface area contributed by atoms with Crippen LogP contribution < -0.4 is 4.72 Å². The van der Waals surface area contributed by atoms with Crippen LogP contribution in [0.1, 0.15) is 75.0 Å². The quantitative estimate of drug-likeness (QED) is 0.217. The van der Waals surface area contributed by atoms with Gasteiger partial charge in [-0.1, -0.05) is 62.7 Å². The van der Waals surface area contributed by atoms with Crippen LogP contribution in [0.25, 0.3) is 0 Å². The molecule has 2 heterocycles. The molecule has 4 rings (SSSR count). The number of cyclic esters (lactones) is 1. The number of hydrogen-bond acceptors (Lipinski definition) is 6. The molecular formula is C31H34F2N2O5S. The van der Waals surface area contributed by atoms with Gasteiger partial charge in [-0.3, -0.25) is 4.72 Å². The van der Waals surface area contributed by atoms with Gasteiger partial charge >= 0.3 is 5.97 Å². The highest BCUT2D eigenvalue weighted by molar-refractivity contribution is 7.92. The van der Waals surface area contributed by atoms with E-state index in [-0.39, 0.29) is 29.0 Å². The van der Waals surface area contributed by atoms with Gasteiger partial charge in [0, 0.05) is 29.8 Å². The number of pyridine rings is 1. The van der Waals surface area contributed by atoms with E-state index in [1.165, 1.54) is 6.07 Å². The van der Waals surface area contributed by atoms with E-state index >= 15 is 0 Å². The van der Waals surface area contributed by atoms with E-state index in [1.54, 1.807) is 18.2 Å². The number of benzene rings is 2. The number of anilines is 1. The van der Waals surface area contributed by atoms with Crippen molar-refractivity contribution in [3.63, 3.8) is 0 Å². The van der Waals surface area contributed by atoms with Crippen LogP contribution in [0.2, 0.25) is 0 Å². The van der Waals surface area contributed by atoms with Crippen molar-refractivity contribution in [1.29, 1.82) is 0 Å². The third-order valence-electron chi connectivity index (χ3n) is 7.33. The summed E-state index contributed by atoms with van der Waals surface area (Å²) in [6.45, 7) is 3.88. The lowest BCUT2D eigenvalue weighted by Gasteiger charge is -2.38. The summed E-state index contributed by atoms with van der Waals surface area (Å²) < 4.78 is 59.9. The highest BCUT2D eigenvalue weighted by Gasteiger charge is 2.43. The van der Waals surface area contributed by atoms with Crippen molar-refractivity contribution in [3.05, 3.63) is 101 Å². The number of aliphatic hydroxyl groups is 1. The third kappa shape index (κ3) is 7.11. The van der Waals surface area contributed by atoms with Gasteiger partial charge in [0.15, 0.2) is 5.03 Å². The minimum Gasteiger partial charge on any atom is -0.512 e. The Bertz CT molecular complexity index is 1490. The minimum atomic E-state index is -4.16. The number of ether oxygens (including phenoxy) is 1. The van der Waals surface area contributed by atoms with Gasteiger partial charge in [0.2, 0.25) is 0 Å². The summed E-state index contributed by atoms with van der Waals surface area (Å²) in [5.41, 5.74) is 0.917. The van der Waals surface area contributed by atoms with Crippen LogP contribution in [0.4, 0.5) is 14.5 Å². The Balaban J connectivity index is 1.57. The van der Waals surface area contributed by atoms with Gasteiger partial charge in [-0.2, -0.15) is 8.42 Å². The molecule has 0 radical (unpaired) electrons. The Hall–Kier alpha value is -3.79. The van der Waals surface area contributed by atoms with Crippen molar-refractivity contribution in [2.75, 3.05) is 4.72 Å². The van der Waals surface area contributed by atoms with Gasteiger partial charge in [-0.15, -0.1) is 0 Å². The van der Waals surface area contributed by atoms with Crippen LogP contribution in [-0.2, 0) is 26.0 Å². The second-order valence-electron chi connectivity index (χ2n) is 10.3. The van der Waals surface area contributed by atoms with E-state index in [0.29, 0.717) is 31.2 Å². The molecule has 0 saturated heterocycles. The maximum absolute atomic E-state index is 13.4. The zero-order chi connectivity index (χ0) is 29.6.